The Morgan fingerprint density at radius 2 is 2.80 bits per heavy atom. The third kappa shape index (κ3) is 0.519. The van der Waals surface area contributed by atoms with E-state index in [0.717, 1.165) is 14.9 Å². The van der Waals surface area contributed by atoms with E-state index in [-0.39, 0.29) is 0 Å². The largest absolute Gasteiger partial charge is 0.180 e. The lowest BCUT2D eigenvalue weighted by atomic mass is 10.8. The zero-order valence-corrected chi connectivity index (χ0v) is 3.52. The zero-order valence-electron chi connectivity index (χ0n) is 2.63. The second-order valence-electron chi connectivity index (χ2n) is 0.711. The quantitative estimate of drug-likeness (QED) is 0.394. The SMILES string of the molecule is C1=PN=NC1. The molecule has 1 aliphatic heterocycles. The summed E-state index contributed by atoms with van der Waals surface area (Å²) in [5.74, 6) is 2.00. The van der Waals surface area contributed by atoms with Gasteiger partial charge in [0.1, 0.15) is 0 Å². The zero-order chi connectivity index (χ0) is 3.54. The molecule has 2 nitrogen and oxygen atoms in total. The number of hydrogen-bond acceptors (Lipinski definition) is 2. The maximum absolute atomic E-state index is 3.64. The van der Waals surface area contributed by atoms with Gasteiger partial charge in [-0.05, 0) is 5.80 Å². The molecule has 0 radical (unpaired) electrons. The maximum Gasteiger partial charge on any atom is 0.0847 e. The minimum absolute atomic E-state index is 0.821. The first kappa shape index (κ1) is 2.98. The molecule has 0 aromatic heterocycles. The van der Waals surface area contributed by atoms with E-state index in [1.54, 1.807) is 0 Å². The first-order chi connectivity index (χ1) is 2.50. The van der Waals surface area contributed by atoms with Crippen molar-refractivity contribution in [3.05, 3.63) is 0 Å². The Hall–Kier alpha value is -0.230. The van der Waals surface area contributed by atoms with Crippen molar-refractivity contribution in [2.45, 2.75) is 0 Å². The minimum atomic E-state index is 0.821. The molecule has 0 bridgehead atoms. The molecular formula is C2H3N2P. The molecule has 1 heterocycles. The fourth-order valence-electron chi connectivity index (χ4n) is 0.183. The molecule has 1 rings (SSSR count). The van der Waals surface area contributed by atoms with Crippen molar-refractivity contribution in [1.29, 1.82) is 0 Å². The van der Waals surface area contributed by atoms with Gasteiger partial charge in [0.15, 0.2) is 0 Å². The van der Waals surface area contributed by atoms with Gasteiger partial charge in [-0.15, -0.1) is 4.88 Å². The first-order valence-electron chi connectivity index (χ1n) is 1.38. The predicted molar refractivity (Wildman–Crippen MR) is 22.7 cm³/mol. The van der Waals surface area contributed by atoms with Crippen molar-refractivity contribution in [2.75, 3.05) is 6.54 Å². The van der Waals surface area contributed by atoms with Gasteiger partial charge in [-0.3, -0.25) is 0 Å². The molecule has 0 saturated heterocycles. The smallest absolute Gasteiger partial charge is 0.0847 e. The molecule has 0 amide bonds. The summed E-state index contributed by atoms with van der Waals surface area (Å²) in [6.07, 6.45) is 0. The summed E-state index contributed by atoms with van der Waals surface area (Å²) in [5, 5.41) is 3.64. The van der Waals surface area contributed by atoms with E-state index in [2.05, 4.69) is 10.00 Å². The summed E-state index contributed by atoms with van der Waals surface area (Å²) in [6, 6.07) is 0. The van der Waals surface area contributed by atoms with E-state index >= 15 is 0 Å². The standard InChI is InChI=1S/C2H3N2P/c1-2-5-4-3-1/h2H,1H2. The Bertz CT molecular complexity index is 65.7. The predicted octanol–water partition coefficient (Wildman–Crippen LogP) is 1.12. The highest BCUT2D eigenvalue weighted by atomic mass is 31.1. The van der Waals surface area contributed by atoms with Crippen LogP contribution in [0.3, 0.4) is 0 Å². The lowest BCUT2D eigenvalue weighted by Gasteiger charge is -1.55. The summed E-state index contributed by atoms with van der Waals surface area (Å²) >= 11 is 0. The second kappa shape index (κ2) is 1.27. The molecule has 3 heteroatoms. The molecule has 0 aromatic rings. The van der Waals surface area contributed by atoms with Gasteiger partial charge in [0.05, 0.1) is 14.9 Å². The third-order valence-electron chi connectivity index (χ3n) is 0.360. The van der Waals surface area contributed by atoms with Gasteiger partial charge in [0.25, 0.3) is 0 Å². The fraction of sp³-hybridized carbons (Fsp3) is 0.500. The van der Waals surface area contributed by atoms with Crippen LogP contribution < -0.4 is 0 Å². The van der Waals surface area contributed by atoms with Gasteiger partial charge in [-0.25, -0.2) is 0 Å². The van der Waals surface area contributed by atoms with Crippen molar-refractivity contribution >= 4 is 14.2 Å². The topological polar surface area (TPSA) is 24.7 Å². The van der Waals surface area contributed by atoms with Crippen molar-refractivity contribution < 1.29 is 0 Å². The highest BCUT2D eigenvalue weighted by Gasteiger charge is 1.75. The Balaban J connectivity index is 2.61. The average molecular weight is 86.0 g/mol. The lowest BCUT2D eigenvalue weighted by molar-refractivity contribution is 1.20. The Morgan fingerprint density at radius 1 is 1.80 bits per heavy atom. The molecule has 26 valence electrons. The third-order valence-corrected chi connectivity index (χ3v) is 0.916. The maximum atomic E-state index is 3.64. The van der Waals surface area contributed by atoms with Crippen molar-refractivity contribution in [3.8, 4) is 0 Å². The van der Waals surface area contributed by atoms with Gasteiger partial charge < -0.3 is 0 Å². The molecule has 0 unspecified atom stereocenters. The average Bonchev–Trinajstić information content (AvgIpc) is 1.76. The van der Waals surface area contributed by atoms with E-state index < -0.39 is 0 Å². The van der Waals surface area contributed by atoms with Gasteiger partial charge >= 0.3 is 0 Å². The van der Waals surface area contributed by atoms with E-state index in [1.165, 1.54) is 0 Å². The van der Waals surface area contributed by atoms with Crippen LogP contribution >= 0.6 is 8.35 Å². The summed E-state index contributed by atoms with van der Waals surface area (Å²) < 4.78 is 0. The van der Waals surface area contributed by atoms with Crippen LogP contribution in [0.1, 0.15) is 0 Å². The van der Waals surface area contributed by atoms with Crippen LogP contribution in [0.2, 0.25) is 0 Å². The summed E-state index contributed by atoms with van der Waals surface area (Å²) in [7, 11) is 1.02. The van der Waals surface area contributed by atoms with Crippen molar-refractivity contribution in [1.82, 2.24) is 0 Å². The Kier molecular flexibility index (Phi) is 0.758. The molecule has 0 atom stereocenters. The van der Waals surface area contributed by atoms with Crippen LogP contribution in [0.25, 0.3) is 0 Å². The Morgan fingerprint density at radius 3 is 3.00 bits per heavy atom. The van der Waals surface area contributed by atoms with E-state index in [9.17, 15) is 0 Å². The lowest BCUT2D eigenvalue weighted by Crippen LogP contribution is -1.64. The molecule has 0 fully saturated rings. The van der Waals surface area contributed by atoms with E-state index in [1.807, 2.05) is 5.80 Å². The summed E-state index contributed by atoms with van der Waals surface area (Å²) in [6.45, 7) is 0.821. The van der Waals surface area contributed by atoms with Crippen LogP contribution in [0.15, 0.2) is 10.00 Å². The molecule has 0 N–H and O–H groups in total. The van der Waals surface area contributed by atoms with E-state index in [4.69, 9.17) is 0 Å². The van der Waals surface area contributed by atoms with Gasteiger partial charge in [0.2, 0.25) is 0 Å². The monoisotopic (exact) mass is 86.0 g/mol. The summed E-state index contributed by atoms with van der Waals surface area (Å²) in [5.41, 5.74) is 0. The number of nitrogens with zero attached hydrogens (tertiary/aromatic N) is 2. The second-order valence-corrected chi connectivity index (χ2v) is 1.49. The first-order valence-corrected chi connectivity index (χ1v) is 2.30. The molecule has 0 spiro atoms. The molecule has 0 aromatic carbocycles. The van der Waals surface area contributed by atoms with Crippen molar-refractivity contribution in [3.63, 3.8) is 0 Å². The minimum Gasteiger partial charge on any atom is -0.180 e. The van der Waals surface area contributed by atoms with Crippen LogP contribution in [0, 0.1) is 0 Å². The molecule has 0 aliphatic carbocycles. The number of rotatable bonds is 0. The molecule has 0 saturated carbocycles. The highest BCUT2D eigenvalue weighted by molar-refractivity contribution is 7.37. The normalized spacial score (nSPS) is 20.8. The van der Waals surface area contributed by atoms with Crippen LogP contribution in [0.5, 0.6) is 0 Å². The number of hydrogen-bond donors (Lipinski definition) is 0. The molecule has 1 aliphatic rings. The molecule has 5 heavy (non-hydrogen) atoms. The Labute approximate surface area is 31.8 Å². The summed E-state index contributed by atoms with van der Waals surface area (Å²) in [4.78, 5) is 3.62. The van der Waals surface area contributed by atoms with E-state index in [0.29, 0.717) is 0 Å². The van der Waals surface area contributed by atoms with Gasteiger partial charge in [-0.2, -0.15) is 5.11 Å². The highest BCUT2D eigenvalue weighted by Crippen LogP contribution is 2.01. The van der Waals surface area contributed by atoms with Gasteiger partial charge in [0, 0.05) is 0 Å². The van der Waals surface area contributed by atoms with Crippen LogP contribution in [-0.2, 0) is 0 Å². The fourth-order valence-corrected chi connectivity index (χ4v) is 0.548. The van der Waals surface area contributed by atoms with Crippen LogP contribution in [0.4, 0.5) is 0 Å². The van der Waals surface area contributed by atoms with Crippen LogP contribution in [-0.4, -0.2) is 12.3 Å². The van der Waals surface area contributed by atoms with Crippen molar-refractivity contribution in [2.24, 2.45) is 10.00 Å². The molecular weight excluding hydrogens is 83.0 g/mol. The van der Waals surface area contributed by atoms with Gasteiger partial charge in [-0.1, -0.05) is 0 Å².